The standard InChI is InChI=1S/C29H26N2O4S/c1-20-13-15-22(16-14-20)36(33,34)31-25-12-7-6-11-23(25)24-19-29(28(32)35-2)17-8-18-30(29)26(27(24)31)21-9-4-3-5-10-21/h3-17,26H,18-19H2,1-2H3/t26-,29+/m0/s1. The minimum absolute atomic E-state index is 0.229. The second-order valence-electron chi connectivity index (χ2n) is 9.42. The summed E-state index contributed by atoms with van der Waals surface area (Å²) in [5, 5.41) is 0.826. The summed E-state index contributed by atoms with van der Waals surface area (Å²) in [4.78, 5) is 15.6. The van der Waals surface area contributed by atoms with Gasteiger partial charge in [0, 0.05) is 18.4 Å². The zero-order chi connectivity index (χ0) is 25.1. The van der Waals surface area contributed by atoms with Crippen LogP contribution in [-0.2, 0) is 26.0 Å². The molecule has 0 spiro atoms. The molecule has 4 aromatic rings. The third-order valence-electron chi connectivity index (χ3n) is 7.41. The van der Waals surface area contributed by atoms with Gasteiger partial charge in [-0.25, -0.2) is 17.2 Å². The van der Waals surface area contributed by atoms with Crippen LogP contribution in [0.5, 0.6) is 0 Å². The third kappa shape index (κ3) is 3.13. The molecule has 1 aromatic heterocycles. The van der Waals surface area contributed by atoms with Crippen molar-refractivity contribution in [2.24, 2.45) is 0 Å². The van der Waals surface area contributed by atoms with E-state index in [0.717, 1.165) is 22.1 Å². The van der Waals surface area contributed by atoms with Gasteiger partial charge in [0.05, 0.1) is 29.3 Å². The third-order valence-corrected chi connectivity index (χ3v) is 9.16. The number of fused-ring (bicyclic) bond motifs is 4. The maximum Gasteiger partial charge on any atom is 0.330 e. The predicted molar refractivity (Wildman–Crippen MR) is 138 cm³/mol. The number of methoxy groups -OCH3 is 1. The van der Waals surface area contributed by atoms with E-state index in [1.54, 1.807) is 12.1 Å². The number of carbonyl (C=O) groups is 1. The molecule has 2 aliphatic heterocycles. The van der Waals surface area contributed by atoms with Crippen LogP contribution in [-0.4, -0.2) is 42.5 Å². The Kier molecular flexibility index (Phi) is 5.17. The fourth-order valence-corrected chi connectivity index (χ4v) is 7.35. The van der Waals surface area contributed by atoms with E-state index in [4.69, 9.17) is 4.74 Å². The minimum atomic E-state index is -3.94. The number of hydrogen-bond acceptors (Lipinski definition) is 5. The van der Waals surface area contributed by atoms with Gasteiger partial charge >= 0.3 is 5.97 Å². The quantitative estimate of drug-likeness (QED) is 0.304. The minimum Gasteiger partial charge on any atom is -0.467 e. The molecule has 36 heavy (non-hydrogen) atoms. The topological polar surface area (TPSA) is 68.6 Å². The number of carbonyl (C=O) groups excluding carboxylic acids is 1. The molecular weight excluding hydrogens is 472 g/mol. The van der Waals surface area contributed by atoms with Gasteiger partial charge in [-0.3, -0.25) is 4.90 Å². The highest BCUT2D eigenvalue weighted by molar-refractivity contribution is 7.90. The van der Waals surface area contributed by atoms with E-state index < -0.39 is 21.6 Å². The molecule has 6 rings (SSSR count). The van der Waals surface area contributed by atoms with Gasteiger partial charge in [0.1, 0.15) is 5.54 Å². The number of hydrogen-bond donors (Lipinski definition) is 0. The summed E-state index contributed by atoms with van der Waals surface area (Å²) in [5.74, 6) is -0.346. The van der Waals surface area contributed by atoms with Gasteiger partial charge in [0.25, 0.3) is 10.0 Å². The first-order valence-corrected chi connectivity index (χ1v) is 13.3. The average molecular weight is 499 g/mol. The van der Waals surface area contributed by atoms with Crippen LogP contribution in [0.25, 0.3) is 10.9 Å². The van der Waals surface area contributed by atoms with E-state index >= 15 is 0 Å². The molecule has 0 N–H and O–H groups in total. The highest BCUT2D eigenvalue weighted by Crippen LogP contribution is 2.49. The summed E-state index contributed by atoms with van der Waals surface area (Å²) in [6.45, 7) is 2.43. The van der Waals surface area contributed by atoms with Crippen LogP contribution in [0.1, 0.15) is 28.4 Å². The first-order valence-electron chi connectivity index (χ1n) is 11.9. The lowest BCUT2D eigenvalue weighted by atomic mass is 9.80. The maximum absolute atomic E-state index is 14.3. The Labute approximate surface area is 210 Å². The molecule has 0 aliphatic carbocycles. The number of aromatic nitrogens is 1. The van der Waals surface area contributed by atoms with Gasteiger partial charge in [-0.2, -0.15) is 0 Å². The summed E-state index contributed by atoms with van der Waals surface area (Å²) in [6.07, 6.45) is 4.21. The Balaban J connectivity index is 1.72. The first-order chi connectivity index (χ1) is 17.4. The summed E-state index contributed by atoms with van der Waals surface area (Å²) in [6, 6.07) is 23.8. The SMILES string of the molecule is COC(=O)[C@]12C=CCN1[C@@H](c1ccccc1)c1c(c3ccccc3n1S(=O)(=O)c1ccc(C)cc1)C2. The largest absolute Gasteiger partial charge is 0.467 e. The Bertz CT molecular complexity index is 1620. The highest BCUT2D eigenvalue weighted by Gasteiger charge is 2.54. The Morgan fingerprint density at radius 3 is 2.39 bits per heavy atom. The predicted octanol–water partition coefficient (Wildman–Crippen LogP) is 4.62. The van der Waals surface area contributed by atoms with Crippen molar-refractivity contribution >= 4 is 26.9 Å². The fourth-order valence-electron chi connectivity index (χ4n) is 5.77. The monoisotopic (exact) mass is 498 g/mol. The molecule has 7 heteroatoms. The van der Waals surface area contributed by atoms with E-state index in [-0.39, 0.29) is 10.9 Å². The number of ether oxygens (including phenoxy) is 1. The molecular formula is C29H26N2O4S. The number of esters is 1. The Morgan fingerprint density at radius 1 is 0.972 bits per heavy atom. The highest BCUT2D eigenvalue weighted by atomic mass is 32.2. The van der Waals surface area contributed by atoms with Crippen molar-refractivity contribution in [3.05, 3.63) is 113 Å². The summed E-state index contributed by atoms with van der Waals surface area (Å²) in [5.41, 5.74) is 3.02. The number of nitrogens with zero attached hydrogens (tertiary/aromatic N) is 2. The van der Waals surface area contributed by atoms with Gasteiger partial charge < -0.3 is 4.74 Å². The van der Waals surface area contributed by atoms with Gasteiger partial charge in [-0.15, -0.1) is 0 Å². The van der Waals surface area contributed by atoms with Gasteiger partial charge in [-0.05, 0) is 36.2 Å². The smallest absolute Gasteiger partial charge is 0.330 e. The van der Waals surface area contributed by atoms with Crippen LogP contribution in [0, 0.1) is 6.92 Å². The molecule has 0 saturated heterocycles. The average Bonchev–Trinajstić information content (AvgIpc) is 3.47. The summed E-state index contributed by atoms with van der Waals surface area (Å²) < 4.78 is 35.3. The Hall–Kier alpha value is -3.68. The molecule has 6 nitrogen and oxygen atoms in total. The first kappa shape index (κ1) is 22.8. The van der Waals surface area contributed by atoms with Crippen LogP contribution in [0.2, 0.25) is 0 Å². The lowest BCUT2D eigenvalue weighted by molar-refractivity contribution is -0.152. The molecule has 0 unspecified atom stereocenters. The van der Waals surface area contributed by atoms with E-state index in [0.29, 0.717) is 24.2 Å². The molecule has 2 aliphatic rings. The number of para-hydroxylation sites is 1. The zero-order valence-corrected chi connectivity index (χ0v) is 20.9. The second kappa shape index (κ2) is 8.18. The van der Waals surface area contributed by atoms with Crippen molar-refractivity contribution < 1.29 is 17.9 Å². The van der Waals surface area contributed by atoms with Crippen LogP contribution in [0.3, 0.4) is 0 Å². The zero-order valence-electron chi connectivity index (χ0n) is 20.1. The molecule has 0 bridgehead atoms. The van der Waals surface area contributed by atoms with Crippen LogP contribution >= 0.6 is 0 Å². The van der Waals surface area contributed by atoms with Crippen molar-refractivity contribution in [1.82, 2.24) is 8.87 Å². The van der Waals surface area contributed by atoms with Crippen LogP contribution in [0.15, 0.2) is 95.9 Å². The molecule has 3 aromatic carbocycles. The lowest BCUT2D eigenvalue weighted by Crippen LogP contribution is -2.57. The van der Waals surface area contributed by atoms with Crippen molar-refractivity contribution in [2.45, 2.75) is 29.8 Å². The van der Waals surface area contributed by atoms with Crippen molar-refractivity contribution in [1.29, 1.82) is 0 Å². The fraction of sp³-hybridized carbons (Fsp3) is 0.207. The van der Waals surface area contributed by atoms with E-state index in [2.05, 4.69) is 4.90 Å². The maximum atomic E-state index is 14.3. The normalized spacial score (nSPS) is 21.3. The molecule has 0 fully saturated rings. The van der Waals surface area contributed by atoms with E-state index in [1.165, 1.54) is 11.1 Å². The van der Waals surface area contributed by atoms with Crippen molar-refractivity contribution in [2.75, 3.05) is 13.7 Å². The molecule has 0 amide bonds. The number of aryl methyl sites for hydroxylation is 1. The van der Waals surface area contributed by atoms with Crippen molar-refractivity contribution in [3.63, 3.8) is 0 Å². The molecule has 0 saturated carbocycles. The summed E-state index contributed by atoms with van der Waals surface area (Å²) >= 11 is 0. The van der Waals surface area contributed by atoms with Crippen LogP contribution < -0.4 is 0 Å². The van der Waals surface area contributed by atoms with E-state index in [1.807, 2.05) is 85.8 Å². The van der Waals surface area contributed by atoms with E-state index in [9.17, 15) is 13.2 Å². The number of benzene rings is 3. The van der Waals surface area contributed by atoms with Crippen molar-refractivity contribution in [3.8, 4) is 0 Å². The lowest BCUT2D eigenvalue weighted by Gasteiger charge is -2.45. The molecule has 3 heterocycles. The molecule has 182 valence electrons. The molecule has 0 radical (unpaired) electrons. The second-order valence-corrected chi connectivity index (χ2v) is 11.2. The summed E-state index contributed by atoms with van der Waals surface area (Å²) in [7, 11) is -2.54. The van der Waals surface area contributed by atoms with Gasteiger partial charge in [0.15, 0.2) is 0 Å². The Morgan fingerprint density at radius 2 is 1.67 bits per heavy atom. The number of rotatable bonds is 4. The van der Waals surface area contributed by atoms with Crippen LogP contribution in [0.4, 0.5) is 0 Å². The van der Waals surface area contributed by atoms with Gasteiger partial charge in [-0.1, -0.05) is 78.4 Å². The van der Waals surface area contributed by atoms with Gasteiger partial charge in [0.2, 0.25) is 0 Å². The molecule has 2 atom stereocenters.